The lowest BCUT2D eigenvalue weighted by molar-refractivity contribution is 0.104. The van der Waals surface area contributed by atoms with Gasteiger partial charge < -0.3 is 0 Å². The standard InChI is InChI=1S/C9H5ClOS2/c10-8-2-1-7(13-8)9(11)6-3-4-12-5-6/h1-5H. The van der Waals surface area contributed by atoms with Gasteiger partial charge in [-0.15, -0.1) is 11.3 Å². The van der Waals surface area contributed by atoms with Crippen molar-refractivity contribution in [3.8, 4) is 0 Å². The van der Waals surface area contributed by atoms with Crippen LogP contribution in [-0.2, 0) is 0 Å². The molecule has 0 fully saturated rings. The molecule has 4 heteroatoms. The van der Waals surface area contributed by atoms with Gasteiger partial charge in [0.2, 0.25) is 5.78 Å². The summed E-state index contributed by atoms with van der Waals surface area (Å²) >= 11 is 8.57. The zero-order valence-corrected chi connectivity index (χ0v) is 8.88. The van der Waals surface area contributed by atoms with E-state index in [1.807, 2.05) is 16.8 Å². The Kier molecular flexibility index (Phi) is 2.49. The average molecular weight is 229 g/mol. The lowest BCUT2D eigenvalue weighted by atomic mass is 10.2. The number of halogens is 1. The predicted octanol–water partition coefficient (Wildman–Crippen LogP) is 3.69. The van der Waals surface area contributed by atoms with Crippen molar-refractivity contribution in [2.24, 2.45) is 0 Å². The highest BCUT2D eigenvalue weighted by atomic mass is 35.5. The monoisotopic (exact) mass is 228 g/mol. The number of ketones is 1. The Bertz CT molecular complexity index is 417. The number of thiophene rings is 2. The molecule has 0 bridgehead atoms. The normalized spacial score (nSPS) is 10.2. The number of carbonyl (C=O) groups excluding carboxylic acids is 1. The van der Waals surface area contributed by atoms with E-state index in [-0.39, 0.29) is 5.78 Å². The van der Waals surface area contributed by atoms with E-state index in [9.17, 15) is 4.79 Å². The molecule has 2 aromatic rings. The van der Waals surface area contributed by atoms with Gasteiger partial charge in [-0.05, 0) is 23.6 Å². The molecule has 0 amide bonds. The maximum atomic E-state index is 11.7. The molecule has 0 aliphatic carbocycles. The molecule has 0 aliphatic rings. The molecule has 0 atom stereocenters. The zero-order chi connectivity index (χ0) is 9.26. The molecule has 2 heterocycles. The van der Waals surface area contributed by atoms with Crippen molar-refractivity contribution in [3.05, 3.63) is 43.7 Å². The summed E-state index contributed by atoms with van der Waals surface area (Å²) in [4.78, 5) is 12.4. The number of carbonyl (C=O) groups is 1. The van der Waals surface area contributed by atoms with Crippen LogP contribution in [-0.4, -0.2) is 5.78 Å². The molecule has 0 unspecified atom stereocenters. The van der Waals surface area contributed by atoms with Crippen LogP contribution in [0.5, 0.6) is 0 Å². The fourth-order valence-corrected chi connectivity index (χ4v) is 2.61. The molecule has 0 aromatic carbocycles. The fraction of sp³-hybridized carbons (Fsp3) is 0. The first-order chi connectivity index (χ1) is 6.27. The van der Waals surface area contributed by atoms with Crippen molar-refractivity contribution in [1.82, 2.24) is 0 Å². The van der Waals surface area contributed by atoms with Crippen LogP contribution in [0.15, 0.2) is 29.0 Å². The molecular weight excluding hydrogens is 224 g/mol. The Morgan fingerprint density at radius 2 is 2.15 bits per heavy atom. The first kappa shape index (κ1) is 8.94. The van der Waals surface area contributed by atoms with Gasteiger partial charge in [-0.2, -0.15) is 11.3 Å². The van der Waals surface area contributed by atoms with E-state index >= 15 is 0 Å². The molecule has 2 rings (SSSR count). The maximum Gasteiger partial charge on any atom is 0.203 e. The minimum Gasteiger partial charge on any atom is -0.288 e. The SMILES string of the molecule is O=C(c1ccsc1)c1ccc(Cl)s1. The van der Waals surface area contributed by atoms with E-state index in [1.165, 1.54) is 22.7 Å². The van der Waals surface area contributed by atoms with Gasteiger partial charge in [0.25, 0.3) is 0 Å². The van der Waals surface area contributed by atoms with Crippen molar-refractivity contribution in [2.45, 2.75) is 0 Å². The number of rotatable bonds is 2. The molecule has 0 spiro atoms. The van der Waals surface area contributed by atoms with Gasteiger partial charge in [0, 0.05) is 10.9 Å². The Morgan fingerprint density at radius 3 is 2.69 bits per heavy atom. The van der Waals surface area contributed by atoms with Crippen LogP contribution in [0, 0.1) is 0 Å². The average Bonchev–Trinajstić information content (AvgIpc) is 2.72. The van der Waals surface area contributed by atoms with Crippen molar-refractivity contribution < 1.29 is 4.79 Å². The maximum absolute atomic E-state index is 11.7. The molecule has 0 radical (unpaired) electrons. The van der Waals surface area contributed by atoms with Crippen LogP contribution < -0.4 is 0 Å². The first-order valence-electron chi connectivity index (χ1n) is 3.59. The predicted molar refractivity (Wildman–Crippen MR) is 57.1 cm³/mol. The van der Waals surface area contributed by atoms with Crippen LogP contribution in [0.3, 0.4) is 0 Å². The molecule has 0 saturated carbocycles. The highest BCUT2D eigenvalue weighted by Gasteiger charge is 2.11. The quantitative estimate of drug-likeness (QED) is 0.717. The second-order valence-corrected chi connectivity index (χ2v) is 4.94. The topological polar surface area (TPSA) is 17.1 Å². The first-order valence-corrected chi connectivity index (χ1v) is 5.73. The third-order valence-electron chi connectivity index (χ3n) is 1.58. The minimum absolute atomic E-state index is 0.0538. The van der Waals surface area contributed by atoms with E-state index in [1.54, 1.807) is 12.1 Å². The minimum atomic E-state index is 0.0538. The van der Waals surface area contributed by atoms with Crippen LogP contribution in [0.2, 0.25) is 4.34 Å². The zero-order valence-electron chi connectivity index (χ0n) is 6.49. The summed E-state index contributed by atoms with van der Waals surface area (Å²) in [5.41, 5.74) is 0.739. The van der Waals surface area contributed by atoms with E-state index in [0.29, 0.717) is 9.21 Å². The van der Waals surface area contributed by atoms with Gasteiger partial charge >= 0.3 is 0 Å². The lowest BCUT2D eigenvalue weighted by Gasteiger charge is -1.90. The smallest absolute Gasteiger partial charge is 0.203 e. The van der Waals surface area contributed by atoms with Crippen molar-refractivity contribution in [2.75, 3.05) is 0 Å². The van der Waals surface area contributed by atoms with Gasteiger partial charge in [-0.25, -0.2) is 0 Å². The second-order valence-electron chi connectivity index (χ2n) is 2.44. The van der Waals surface area contributed by atoms with Crippen LogP contribution in [0.4, 0.5) is 0 Å². The molecule has 2 aromatic heterocycles. The van der Waals surface area contributed by atoms with E-state index in [2.05, 4.69) is 0 Å². The molecule has 0 N–H and O–H groups in total. The highest BCUT2D eigenvalue weighted by Crippen LogP contribution is 2.24. The summed E-state index contributed by atoms with van der Waals surface area (Å²) < 4.78 is 0.651. The Labute approximate surface area is 88.6 Å². The van der Waals surface area contributed by atoms with Crippen LogP contribution in [0.1, 0.15) is 15.2 Å². The Balaban J connectivity index is 2.33. The molecular formula is C9H5ClOS2. The van der Waals surface area contributed by atoms with Gasteiger partial charge in [-0.1, -0.05) is 11.6 Å². The number of hydrogen-bond donors (Lipinski definition) is 0. The second kappa shape index (κ2) is 3.62. The lowest BCUT2D eigenvalue weighted by Crippen LogP contribution is -1.94. The fourth-order valence-electron chi connectivity index (χ4n) is 0.972. The molecule has 13 heavy (non-hydrogen) atoms. The van der Waals surface area contributed by atoms with Crippen molar-refractivity contribution in [1.29, 1.82) is 0 Å². The van der Waals surface area contributed by atoms with E-state index in [4.69, 9.17) is 11.6 Å². The summed E-state index contributed by atoms with van der Waals surface area (Å²) in [6, 6.07) is 5.32. The number of hydrogen-bond acceptors (Lipinski definition) is 3. The van der Waals surface area contributed by atoms with Crippen LogP contribution >= 0.6 is 34.3 Å². The summed E-state index contributed by atoms with van der Waals surface area (Å²) in [6.45, 7) is 0. The van der Waals surface area contributed by atoms with Gasteiger partial charge in [-0.3, -0.25) is 4.79 Å². The Hall–Kier alpha value is -0.640. The molecule has 66 valence electrons. The molecule has 0 saturated heterocycles. The molecule has 0 aliphatic heterocycles. The summed E-state index contributed by atoms with van der Waals surface area (Å²) in [5.74, 6) is 0.0538. The summed E-state index contributed by atoms with van der Waals surface area (Å²) in [7, 11) is 0. The van der Waals surface area contributed by atoms with E-state index < -0.39 is 0 Å². The van der Waals surface area contributed by atoms with Gasteiger partial charge in [0.05, 0.1) is 9.21 Å². The van der Waals surface area contributed by atoms with Crippen molar-refractivity contribution >= 4 is 40.1 Å². The summed E-state index contributed by atoms with van der Waals surface area (Å²) in [6.07, 6.45) is 0. The third-order valence-corrected chi connectivity index (χ3v) is 3.49. The van der Waals surface area contributed by atoms with Crippen LogP contribution in [0.25, 0.3) is 0 Å². The Morgan fingerprint density at radius 1 is 1.31 bits per heavy atom. The molecule has 1 nitrogen and oxygen atoms in total. The highest BCUT2D eigenvalue weighted by molar-refractivity contribution is 7.18. The van der Waals surface area contributed by atoms with Crippen molar-refractivity contribution in [3.63, 3.8) is 0 Å². The van der Waals surface area contributed by atoms with Gasteiger partial charge in [0.15, 0.2) is 0 Å². The van der Waals surface area contributed by atoms with E-state index in [0.717, 1.165) is 5.56 Å². The largest absolute Gasteiger partial charge is 0.288 e. The van der Waals surface area contributed by atoms with Gasteiger partial charge in [0.1, 0.15) is 0 Å². The third kappa shape index (κ3) is 1.82. The summed E-state index contributed by atoms with van der Waals surface area (Å²) in [5, 5.41) is 3.73.